The quantitative estimate of drug-likeness (QED) is 0.586. The number of carbonyl (C=O) groups excluding carboxylic acids is 2. The highest BCUT2D eigenvalue weighted by Gasteiger charge is 2.42. The number of piperidine rings is 1. The van der Waals surface area contributed by atoms with Crippen LogP contribution in [0.15, 0.2) is 24.3 Å². The van der Waals surface area contributed by atoms with Gasteiger partial charge in [-0.05, 0) is 69.7 Å². The largest absolute Gasteiger partial charge is 0.416 e. The zero-order valence-electron chi connectivity index (χ0n) is 22.3. The number of carbonyl (C=O) groups is 2. The summed E-state index contributed by atoms with van der Waals surface area (Å²) in [6, 6.07) is 4.90. The monoisotopic (exact) mass is 525 g/mol. The lowest BCUT2D eigenvalue weighted by molar-refractivity contribution is -0.139. The molecule has 1 aromatic rings. The molecular weight excluding hydrogens is 483 g/mol. The smallest absolute Gasteiger partial charge is 0.379 e. The molecule has 0 aliphatic carbocycles. The van der Waals surface area contributed by atoms with Gasteiger partial charge in [-0.15, -0.1) is 0 Å². The van der Waals surface area contributed by atoms with E-state index in [1.807, 2.05) is 25.7 Å². The second-order valence-corrected chi connectivity index (χ2v) is 11.2. The molecule has 0 saturated carbocycles. The Morgan fingerprint density at radius 3 is 2.43 bits per heavy atom. The maximum absolute atomic E-state index is 13.7. The van der Waals surface area contributed by atoms with Gasteiger partial charge >= 0.3 is 6.18 Å². The van der Waals surface area contributed by atoms with Crippen LogP contribution in [-0.2, 0) is 27.0 Å². The third-order valence-corrected chi connectivity index (χ3v) is 7.54. The summed E-state index contributed by atoms with van der Waals surface area (Å²) < 4.78 is 46.2. The molecule has 2 saturated heterocycles. The Hall–Kier alpha value is -2.13. The van der Waals surface area contributed by atoms with E-state index in [2.05, 4.69) is 10.6 Å². The van der Waals surface area contributed by atoms with Crippen molar-refractivity contribution in [2.24, 2.45) is 11.3 Å². The molecule has 0 aromatic heterocycles. The van der Waals surface area contributed by atoms with Crippen LogP contribution in [0.4, 0.5) is 13.2 Å². The average molecular weight is 526 g/mol. The molecule has 208 valence electrons. The standard InChI is InChI=1S/C28H42F3N3O3/c1-20(2)17-24-25(35)32-21(3)19-37-16-8-4-7-11-27(26(36)33-24)12-14-34(15-13-27)18-22-9-5-6-10-23(22)28(29,30)31/h5-6,9-10,20-21,24H,4,7-8,11-19H2,1-3H3,(H,32,35)(H,33,36)/t21-,24+/m1/s1. The zero-order chi connectivity index (χ0) is 27.1. The third kappa shape index (κ3) is 8.43. The van der Waals surface area contributed by atoms with Gasteiger partial charge in [0.15, 0.2) is 0 Å². The van der Waals surface area contributed by atoms with Crippen molar-refractivity contribution in [2.45, 2.75) is 90.5 Å². The number of nitrogens with one attached hydrogen (secondary N) is 2. The molecule has 9 heteroatoms. The van der Waals surface area contributed by atoms with E-state index in [0.29, 0.717) is 52.0 Å². The van der Waals surface area contributed by atoms with E-state index in [9.17, 15) is 22.8 Å². The molecule has 1 aromatic carbocycles. The summed E-state index contributed by atoms with van der Waals surface area (Å²) in [5.41, 5.74) is -0.985. The first-order chi connectivity index (χ1) is 17.5. The van der Waals surface area contributed by atoms with Crippen LogP contribution in [0, 0.1) is 11.3 Å². The number of likely N-dealkylation sites (tertiary alicyclic amines) is 1. The minimum absolute atomic E-state index is 0.107. The van der Waals surface area contributed by atoms with E-state index in [0.717, 1.165) is 25.3 Å². The summed E-state index contributed by atoms with van der Waals surface area (Å²) in [6.45, 7) is 8.23. The van der Waals surface area contributed by atoms with E-state index in [1.54, 1.807) is 6.07 Å². The van der Waals surface area contributed by atoms with Crippen molar-refractivity contribution in [2.75, 3.05) is 26.3 Å². The second kappa shape index (κ2) is 13.1. The van der Waals surface area contributed by atoms with Crippen molar-refractivity contribution in [3.05, 3.63) is 35.4 Å². The van der Waals surface area contributed by atoms with Crippen LogP contribution < -0.4 is 10.6 Å². The number of amides is 2. The maximum Gasteiger partial charge on any atom is 0.416 e. The van der Waals surface area contributed by atoms with Gasteiger partial charge < -0.3 is 15.4 Å². The van der Waals surface area contributed by atoms with E-state index < -0.39 is 23.2 Å². The topological polar surface area (TPSA) is 70.7 Å². The first-order valence-electron chi connectivity index (χ1n) is 13.6. The van der Waals surface area contributed by atoms with Gasteiger partial charge in [0.1, 0.15) is 6.04 Å². The van der Waals surface area contributed by atoms with Gasteiger partial charge in [-0.3, -0.25) is 14.5 Å². The van der Waals surface area contributed by atoms with Crippen molar-refractivity contribution < 1.29 is 27.5 Å². The number of nitrogens with zero attached hydrogens (tertiary/aromatic N) is 1. The van der Waals surface area contributed by atoms with Gasteiger partial charge in [-0.25, -0.2) is 0 Å². The molecule has 2 N–H and O–H groups in total. The highest BCUT2D eigenvalue weighted by molar-refractivity contribution is 5.90. The van der Waals surface area contributed by atoms with Crippen molar-refractivity contribution in [1.82, 2.24) is 15.5 Å². The summed E-state index contributed by atoms with van der Waals surface area (Å²) in [6.07, 6.45) is 0.615. The SMILES string of the molecule is CC(C)C[C@@H]1NC(=O)C2(CCCCCOC[C@@H](C)NC1=O)CCN(Cc1ccccc1C(F)(F)F)CC2. The van der Waals surface area contributed by atoms with Gasteiger partial charge in [0, 0.05) is 19.2 Å². The molecule has 2 fully saturated rings. The number of alkyl halides is 3. The second-order valence-electron chi connectivity index (χ2n) is 11.2. The van der Waals surface area contributed by atoms with Crippen LogP contribution in [0.3, 0.4) is 0 Å². The lowest BCUT2D eigenvalue weighted by Gasteiger charge is -2.42. The molecule has 2 heterocycles. The number of benzene rings is 1. The Morgan fingerprint density at radius 2 is 1.76 bits per heavy atom. The van der Waals surface area contributed by atoms with Crippen molar-refractivity contribution >= 4 is 11.8 Å². The fourth-order valence-electron chi connectivity index (χ4n) is 5.41. The number of ether oxygens (including phenoxy) is 1. The molecule has 6 nitrogen and oxygen atoms in total. The lowest BCUT2D eigenvalue weighted by atomic mass is 9.73. The van der Waals surface area contributed by atoms with E-state index in [4.69, 9.17) is 4.74 Å². The van der Waals surface area contributed by atoms with Crippen LogP contribution in [0.25, 0.3) is 0 Å². The van der Waals surface area contributed by atoms with Crippen LogP contribution >= 0.6 is 0 Å². The molecule has 0 bridgehead atoms. The normalized spacial score (nSPS) is 24.9. The van der Waals surface area contributed by atoms with Crippen LogP contribution in [0.1, 0.15) is 76.8 Å². The van der Waals surface area contributed by atoms with Gasteiger partial charge in [-0.1, -0.05) is 44.9 Å². The van der Waals surface area contributed by atoms with Gasteiger partial charge in [0.2, 0.25) is 11.8 Å². The molecule has 2 amide bonds. The maximum atomic E-state index is 13.7. The van der Waals surface area contributed by atoms with Crippen LogP contribution in [0.2, 0.25) is 0 Å². The van der Waals surface area contributed by atoms with E-state index in [-0.39, 0.29) is 35.9 Å². The summed E-state index contributed by atoms with van der Waals surface area (Å²) >= 11 is 0. The van der Waals surface area contributed by atoms with Gasteiger partial charge in [0.25, 0.3) is 0 Å². The molecule has 1 spiro atoms. The lowest BCUT2D eigenvalue weighted by Crippen LogP contribution is -2.56. The third-order valence-electron chi connectivity index (χ3n) is 7.54. The van der Waals surface area contributed by atoms with Gasteiger partial charge in [0.05, 0.1) is 17.6 Å². The summed E-state index contributed by atoms with van der Waals surface area (Å²) in [4.78, 5) is 28.8. The first-order valence-corrected chi connectivity index (χ1v) is 13.6. The van der Waals surface area contributed by atoms with Crippen molar-refractivity contribution in [3.8, 4) is 0 Å². The van der Waals surface area contributed by atoms with Crippen molar-refractivity contribution in [3.63, 3.8) is 0 Å². The summed E-state index contributed by atoms with van der Waals surface area (Å²) in [7, 11) is 0. The molecule has 2 aliphatic rings. The zero-order valence-corrected chi connectivity index (χ0v) is 22.3. The fourth-order valence-corrected chi connectivity index (χ4v) is 5.41. The van der Waals surface area contributed by atoms with Crippen molar-refractivity contribution in [1.29, 1.82) is 0 Å². The fraction of sp³-hybridized carbons (Fsp3) is 0.714. The molecule has 2 aliphatic heterocycles. The Bertz CT molecular complexity index is 898. The number of hydrogen-bond donors (Lipinski definition) is 2. The molecule has 2 atom stereocenters. The highest BCUT2D eigenvalue weighted by Crippen LogP contribution is 2.39. The predicted molar refractivity (Wildman–Crippen MR) is 137 cm³/mol. The Kier molecular flexibility index (Phi) is 10.4. The Labute approximate surface area is 218 Å². The molecular formula is C28H42F3N3O3. The van der Waals surface area contributed by atoms with E-state index in [1.165, 1.54) is 12.1 Å². The number of rotatable bonds is 4. The molecule has 37 heavy (non-hydrogen) atoms. The van der Waals surface area contributed by atoms with Crippen LogP contribution in [0.5, 0.6) is 0 Å². The van der Waals surface area contributed by atoms with Crippen LogP contribution in [-0.4, -0.2) is 55.1 Å². The highest BCUT2D eigenvalue weighted by atomic mass is 19.4. The Balaban J connectivity index is 1.74. The summed E-state index contributed by atoms with van der Waals surface area (Å²) in [5, 5.41) is 6.04. The molecule has 0 unspecified atom stereocenters. The molecule has 0 radical (unpaired) electrons. The minimum Gasteiger partial charge on any atom is -0.379 e. The predicted octanol–water partition coefficient (Wildman–Crippen LogP) is 4.91. The van der Waals surface area contributed by atoms with Gasteiger partial charge in [-0.2, -0.15) is 13.2 Å². The average Bonchev–Trinajstić information content (AvgIpc) is 2.83. The van der Waals surface area contributed by atoms with E-state index >= 15 is 0 Å². The Morgan fingerprint density at radius 1 is 1.05 bits per heavy atom. The first kappa shape index (κ1) is 29.4. The molecule has 3 rings (SSSR count). The number of hydrogen-bond acceptors (Lipinski definition) is 4. The number of halogens is 3. The minimum atomic E-state index is -4.40. The summed E-state index contributed by atoms with van der Waals surface area (Å²) in [5.74, 6) is -0.0934.